The van der Waals surface area contributed by atoms with Crippen molar-refractivity contribution in [1.29, 1.82) is 0 Å². The molecule has 7 heteroatoms. The molecule has 1 aliphatic carbocycles. The zero-order valence-corrected chi connectivity index (χ0v) is 14.5. The first kappa shape index (κ1) is 18.4. The van der Waals surface area contributed by atoms with E-state index in [0.717, 1.165) is 23.6 Å². The third-order valence-electron chi connectivity index (χ3n) is 3.92. The predicted octanol–water partition coefficient (Wildman–Crippen LogP) is 1.83. The molecule has 0 aromatic rings. The van der Waals surface area contributed by atoms with Crippen molar-refractivity contribution in [1.82, 2.24) is 9.03 Å². The molecule has 2 N–H and O–H groups in total. The Kier molecular flexibility index (Phi) is 5.45. The molecule has 0 aromatic carbocycles. The molecule has 0 amide bonds. The third-order valence-corrected chi connectivity index (χ3v) is 5.56. The van der Waals surface area contributed by atoms with Crippen molar-refractivity contribution in [3.8, 4) is 0 Å². The molecule has 0 radical (unpaired) electrons. The minimum absolute atomic E-state index is 0.0236. The number of hydrogen-bond donors (Lipinski definition) is 2. The van der Waals surface area contributed by atoms with Gasteiger partial charge in [0, 0.05) is 19.6 Å². The van der Waals surface area contributed by atoms with Crippen LogP contribution in [0.25, 0.3) is 0 Å². The Morgan fingerprint density at radius 2 is 1.71 bits per heavy atom. The molecule has 0 bridgehead atoms. The molecule has 21 heavy (non-hydrogen) atoms. The summed E-state index contributed by atoms with van der Waals surface area (Å²) in [6.07, 6.45) is 2.46. The van der Waals surface area contributed by atoms with Crippen LogP contribution in [0.15, 0.2) is 0 Å². The number of carboxylic acid groups (broad SMARTS) is 1. The molecule has 0 aliphatic heterocycles. The van der Waals surface area contributed by atoms with Crippen LogP contribution in [-0.4, -0.2) is 43.4 Å². The molecule has 6 nitrogen and oxygen atoms in total. The van der Waals surface area contributed by atoms with Crippen molar-refractivity contribution in [3.05, 3.63) is 0 Å². The van der Waals surface area contributed by atoms with Gasteiger partial charge in [0.15, 0.2) is 0 Å². The summed E-state index contributed by atoms with van der Waals surface area (Å²) < 4.78 is 28.3. The van der Waals surface area contributed by atoms with Gasteiger partial charge in [-0.05, 0) is 30.1 Å². The van der Waals surface area contributed by atoms with Gasteiger partial charge in [-0.1, -0.05) is 27.7 Å². The minimum atomic E-state index is -3.64. The van der Waals surface area contributed by atoms with E-state index >= 15 is 0 Å². The fourth-order valence-electron chi connectivity index (χ4n) is 3.60. The first-order valence-corrected chi connectivity index (χ1v) is 8.72. The lowest BCUT2D eigenvalue weighted by atomic mass is 9.64. The van der Waals surface area contributed by atoms with Gasteiger partial charge < -0.3 is 5.11 Å². The van der Waals surface area contributed by atoms with Crippen LogP contribution in [0.2, 0.25) is 0 Å². The van der Waals surface area contributed by atoms with Crippen molar-refractivity contribution in [2.75, 3.05) is 13.6 Å². The molecule has 1 fully saturated rings. The zero-order chi connectivity index (χ0) is 16.5. The van der Waals surface area contributed by atoms with E-state index in [4.69, 9.17) is 5.11 Å². The normalized spacial score (nSPS) is 22.4. The minimum Gasteiger partial charge on any atom is -0.481 e. The standard InChI is InChI=1S/C14H28N2O4S/c1-13(2)8-11(9-14(3,4)10-13)15-21(19,20)16(5)7-6-12(17)18/h11,15H,6-10H2,1-5H3,(H,17,18). The van der Waals surface area contributed by atoms with Crippen molar-refractivity contribution in [3.63, 3.8) is 0 Å². The number of carbonyl (C=O) groups is 1. The quantitative estimate of drug-likeness (QED) is 0.781. The van der Waals surface area contributed by atoms with E-state index in [-0.39, 0.29) is 29.8 Å². The van der Waals surface area contributed by atoms with E-state index in [1.807, 2.05) is 0 Å². The van der Waals surface area contributed by atoms with Crippen LogP contribution in [0, 0.1) is 10.8 Å². The van der Waals surface area contributed by atoms with E-state index in [9.17, 15) is 13.2 Å². The van der Waals surface area contributed by atoms with Gasteiger partial charge in [0.25, 0.3) is 10.2 Å². The van der Waals surface area contributed by atoms with Crippen molar-refractivity contribution < 1.29 is 18.3 Å². The number of carboxylic acids is 1. The largest absolute Gasteiger partial charge is 0.481 e. The van der Waals surface area contributed by atoms with Crippen LogP contribution in [-0.2, 0) is 15.0 Å². The Balaban J connectivity index is 2.72. The maximum Gasteiger partial charge on any atom is 0.304 e. The summed E-state index contributed by atoms with van der Waals surface area (Å²) in [5, 5.41) is 8.64. The number of hydrogen-bond acceptors (Lipinski definition) is 3. The van der Waals surface area contributed by atoms with Gasteiger partial charge in [-0.3, -0.25) is 4.79 Å². The Morgan fingerprint density at radius 1 is 1.24 bits per heavy atom. The highest BCUT2D eigenvalue weighted by atomic mass is 32.2. The van der Waals surface area contributed by atoms with Gasteiger partial charge in [-0.25, -0.2) is 0 Å². The van der Waals surface area contributed by atoms with Gasteiger partial charge in [-0.2, -0.15) is 17.4 Å². The lowest BCUT2D eigenvalue weighted by molar-refractivity contribution is -0.137. The summed E-state index contributed by atoms with van der Waals surface area (Å²) in [6.45, 7) is 8.60. The summed E-state index contributed by atoms with van der Waals surface area (Å²) in [6, 6.07) is -0.110. The topological polar surface area (TPSA) is 86.7 Å². The molecular formula is C14H28N2O4S. The summed E-state index contributed by atoms with van der Waals surface area (Å²) in [5.41, 5.74) is 0.184. The molecule has 0 spiro atoms. The Hall–Kier alpha value is -0.660. The second-order valence-corrected chi connectivity index (χ2v) is 9.51. The summed E-state index contributed by atoms with van der Waals surface area (Å²) in [4.78, 5) is 10.5. The lowest BCUT2D eigenvalue weighted by Gasteiger charge is -2.45. The first-order chi connectivity index (χ1) is 9.33. The van der Waals surface area contributed by atoms with Gasteiger partial charge in [0.05, 0.1) is 6.42 Å². The molecule has 0 atom stereocenters. The van der Waals surface area contributed by atoms with Crippen LogP contribution < -0.4 is 4.72 Å². The summed E-state index contributed by atoms with van der Waals surface area (Å²) in [7, 11) is -2.23. The van der Waals surface area contributed by atoms with Crippen molar-refractivity contribution in [2.45, 2.75) is 59.4 Å². The molecule has 1 aliphatic rings. The van der Waals surface area contributed by atoms with Crippen molar-refractivity contribution in [2.24, 2.45) is 10.8 Å². The van der Waals surface area contributed by atoms with E-state index in [0.29, 0.717) is 0 Å². The SMILES string of the molecule is CN(CCC(=O)O)S(=O)(=O)NC1CC(C)(C)CC(C)(C)C1. The van der Waals surface area contributed by atoms with Crippen molar-refractivity contribution >= 4 is 16.2 Å². The van der Waals surface area contributed by atoms with Gasteiger partial charge in [-0.15, -0.1) is 0 Å². The van der Waals surface area contributed by atoms with Crippen LogP contribution in [0.1, 0.15) is 53.4 Å². The maximum absolute atomic E-state index is 12.3. The Bertz CT molecular complexity index is 469. The average molecular weight is 320 g/mol. The van der Waals surface area contributed by atoms with Gasteiger partial charge >= 0.3 is 5.97 Å². The Labute approximate surface area is 128 Å². The monoisotopic (exact) mass is 320 g/mol. The first-order valence-electron chi connectivity index (χ1n) is 7.28. The zero-order valence-electron chi connectivity index (χ0n) is 13.6. The molecule has 124 valence electrons. The van der Waals surface area contributed by atoms with Crippen LogP contribution in [0.3, 0.4) is 0 Å². The highest BCUT2D eigenvalue weighted by molar-refractivity contribution is 7.87. The van der Waals surface area contributed by atoms with Crippen LogP contribution in [0.5, 0.6) is 0 Å². The summed E-state index contributed by atoms with van der Waals surface area (Å²) >= 11 is 0. The fourth-order valence-corrected chi connectivity index (χ4v) is 4.70. The second kappa shape index (κ2) is 6.22. The number of nitrogens with zero attached hydrogens (tertiary/aromatic N) is 1. The Morgan fingerprint density at radius 3 is 2.14 bits per heavy atom. The smallest absolute Gasteiger partial charge is 0.304 e. The molecule has 0 aromatic heterocycles. The second-order valence-electron chi connectivity index (χ2n) is 7.70. The number of rotatable bonds is 6. The molecule has 0 heterocycles. The highest BCUT2D eigenvalue weighted by Gasteiger charge is 2.40. The van der Waals surface area contributed by atoms with E-state index in [1.165, 1.54) is 7.05 Å². The van der Waals surface area contributed by atoms with Crippen LogP contribution >= 0.6 is 0 Å². The molecule has 1 saturated carbocycles. The average Bonchev–Trinajstić information content (AvgIpc) is 2.19. The number of nitrogens with one attached hydrogen (secondary N) is 1. The van der Waals surface area contributed by atoms with E-state index in [1.54, 1.807) is 0 Å². The van der Waals surface area contributed by atoms with Gasteiger partial charge in [0.2, 0.25) is 0 Å². The highest BCUT2D eigenvalue weighted by Crippen LogP contribution is 2.45. The fraction of sp³-hybridized carbons (Fsp3) is 0.929. The molecular weight excluding hydrogens is 292 g/mol. The maximum atomic E-state index is 12.3. The summed E-state index contributed by atoms with van der Waals surface area (Å²) in [5.74, 6) is -1.00. The van der Waals surface area contributed by atoms with Crippen LogP contribution in [0.4, 0.5) is 0 Å². The predicted molar refractivity (Wildman–Crippen MR) is 82.1 cm³/mol. The molecule has 0 unspecified atom stereocenters. The van der Waals surface area contributed by atoms with Gasteiger partial charge in [0.1, 0.15) is 0 Å². The number of aliphatic carboxylic acids is 1. The molecule has 1 rings (SSSR count). The molecule has 0 saturated heterocycles. The lowest BCUT2D eigenvalue weighted by Crippen LogP contribution is -2.49. The van der Waals surface area contributed by atoms with E-state index in [2.05, 4.69) is 32.4 Å². The van der Waals surface area contributed by atoms with E-state index < -0.39 is 16.2 Å². The third kappa shape index (κ3) is 5.92.